The summed E-state index contributed by atoms with van der Waals surface area (Å²) in [6.45, 7) is 6.13. The van der Waals surface area contributed by atoms with Gasteiger partial charge < -0.3 is 15.4 Å². The van der Waals surface area contributed by atoms with Gasteiger partial charge in [-0.2, -0.15) is 5.26 Å². The molecule has 5 nitrogen and oxygen atoms in total. The monoisotopic (exact) mass is 307 g/mol. The SMILES string of the molecule is COCC1CCN(c2sc(C(=O)C(C)C)c(N)c2C#N)C1. The maximum atomic E-state index is 12.2. The fourth-order valence-corrected chi connectivity index (χ4v) is 3.89. The molecule has 0 bridgehead atoms. The molecule has 0 aromatic carbocycles. The van der Waals surface area contributed by atoms with Crippen LogP contribution in [0.1, 0.15) is 35.5 Å². The average molecular weight is 307 g/mol. The lowest BCUT2D eigenvalue weighted by atomic mass is 10.1. The first-order valence-electron chi connectivity index (χ1n) is 7.10. The molecule has 1 atom stereocenters. The van der Waals surface area contributed by atoms with Gasteiger partial charge in [-0.05, 0) is 6.42 Å². The molecule has 0 amide bonds. The third-order valence-corrected chi connectivity index (χ3v) is 5.04. The predicted octanol–water partition coefficient (Wildman–Crippen LogP) is 2.51. The van der Waals surface area contributed by atoms with Crippen LogP contribution < -0.4 is 10.6 Å². The summed E-state index contributed by atoms with van der Waals surface area (Å²) in [7, 11) is 1.70. The summed E-state index contributed by atoms with van der Waals surface area (Å²) in [5.74, 6) is 0.354. The van der Waals surface area contributed by atoms with Crippen LogP contribution in [0.4, 0.5) is 10.7 Å². The van der Waals surface area contributed by atoms with Gasteiger partial charge in [-0.1, -0.05) is 13.8 Å². The molecule has 1 fully saturated rings. The van der Waals surface area contributed by atoms with Crippen LogP contribution in [-0.2, 0) is 4.74 Å². The van der Waals surface area contributed by atoms with Crippen molar-refractivity contribution in [1.82, 2.24) is 0 Å². The van der Waals surface area contributed by atoms with Gasteiger partial charge in [0.2, 0.25) is 0 Å². The van der Waals surface area contributed by atoms with Crippen LogP contribution in [-0.4, -0.2) is 32.6 Å². The van der Waals surface area contributed by atoms with Gasteiger partial charge in [-0.3, -0.25) is 4.79 Å². The number of Topliss-reactive ketones (excluding diaryl/α,β-unsaturated/α-hetero) is 1. The molecule has 0 spiro atoms. The van der Waals surface area contributed by atoms with E-state index < -0.39 is 0 Å². The maximum absolute atomic E-state index is 12.2. The highest BCUT2D eigenvalue weighted by Crippen LogP contribution is 2.40. The topological polar surface area (TPSA) is 79.3 Å². The number of carbonyl (C=O) groups is 1. The fourth-order valence-electron chi connectivity index (χ4n) is 2.60. The second kappa shape index (κ2) is 6.46. The summed E-state index contributed by atoms with van der Waals surface area (Å²) in [5.41, 5.74) is 6.82. The van der Waals surface area contributed by atoms with Gasteiger partial charge in [0, 0.05) is 32.0 Å². The molecule has 2 N–H and O–H groups in total. The van der Waals surface area contributed by atoms with Gasteiger partial charge in [0.05, 0.1) is 17.2 Å². The minimum absolute atomic E-state index is 0.00730. The van der Waals surface area contributed by atoms with Crippen LogP contribution in [0.25, 0.3) is 0 Å². The van der Waals surface area contributed by atoms with Gasteiger partial charge in [-0.15, -0.1) is 11.3 Å². The first-order valence-corrected chi connectivity index (χ1v) is 7.91. The van der Waals surface area contributed by atoms with E-state index in [1.54, 1.807) is 7.11 Å². The smallest absolute Gasteiger partial charge is 0.177 e. The lowest BCUT2D eigenvalue weighted by Gasteiger charge is -2.16. The lowest BCUT2D eigenvalue weighted by Crippen LogP contribution is -2.20. The normalized spacial score (nSPS) is 18.2. The molecular formula is C15H21N3O2S. The molecule has 1 aliphatic rings. The number of anilines is 2. The second-order valence-electron chi connectivity index (χ2n) is 5.71. The van der Waals surface area contributed by atoms with E-state index in [0.717, 1.165) is 31.1 Å². The highest BCUT2D eigenvalue weighted by atomic mass is 32.1. The first kappa shape index (κ1) is 15.8. The van der Waals surface area contributed by atoms with Crippen LogP contribution in [0.2, 0.25) is 0 Å². The van der Waals surface area contributed by atoms with Gasteiger partial charge in [0.1, 0.15) is 16.6 Å². The van der Waals surface area contributed by atoms with Crippen molar-refractivity contribution in [3.8, 4) is 6.07 Å². The molecule has 21 heavy (non-hydrogen) atoms. The summed E-state index contributed by atoms with van der Waals surface area (Å²) in [6, 6.07) is 2.16. The molecule has 1 saturated heterocycles. The zero-order valence-electron chi connectivity index (χ0n) is 12.7. The zero-order chi connectivity index (χ0) is 15.6. The quantitative estimate of drug-likeness (QED) is 0.846. The standard InChI is InChI=1S/C15H21N3O2S/c1-9(2)13(19)14-12(17)11(6-16)15(21-14)18-5-4-10(7-18)8-20-3/h9-10H,4-5,7-8,17H2,1-3H3. The Bertz CT molecular complexity index is 574. The van der Waals surface area contributed by atoms with E-state index in [2.05, 4.69) is 11.0 Å². The molecule has 1 unspecified atom stereocenters. The number of carbonyl (C=O) groups excluding carboxylic acids is 1. The van der Waals surface area contributed by atoms with Gasteiger partial charge in [-0.25, -0.2) is 0 Å². The van der Waals surface area contributed by atoms with Crippen molar-refractivity contribution in [2.24, 2.45) is 11.8 Å². The predicted molar refractivity (Wildman–Crippen MR) is 84.8 cm³/mol. The highest BCUT2D eigenvalue weighted by molar-refractivity contribution is 7.19. The molecule has 1 aliphatic heterocycles. The number of methoxy groups -OCH3 is 1. The Hall–Kier alpha value is -1.58. The summed E-state index contributed by atoms with van der Waals surface area (Å²) in [4.78, 5) is 14.9. The minimum Gasteiger partial charge on any atom is -0.396 e. The van der Waals surface area contributed by atoms with E-state index in [1.165, 1.54) is 11.3 Å². The Labute approximate surface area is 129 Å². The summed E-state index contributed by atoms with van der Waals surface area (Å²) in [5, 5.41) is 10.2. The van der Waals surface area contributed by atoms with Crippen LogP contribution in [0.15, 0.2) is 0 Å². The molecule has 1 aromatic rings. The lowest BCUT2D eigenvalue weighted by molar-refractivity contribution is 0.0944. The molecule has 6 heteroatoms. The van der Waals surface area contributed by atoms with E-state index in [4.69, 9.17) is 10.5 Å². The van der Waals surface area contributed by atoms with E-state index >= 15 is 0 Å². The number of nitrogen functional groups attached to an aromatic ring is 1. The molecule has 0 aliphatic carbocycles. The molecular weight excluding hydrogens is 286 g/mol. The number of thiophene rings is 1. The van der Waals surface area contributed by atoms with Crippen LogP contribution in [0.5, 0.6) is 0 Å². The van der Waals surface area contributed by atoms with Crippen LogP contribution in [0, 0.1) is 23.2 Å². The Morgan fingerprint density at radius 2 is 2.33 bits per heavy atom. The van der Waals surface area contributed by atoms with Crippen molar-refractivity contribution in [2.45, 2.75) is 20.3 Å². The Morgan fingerprint density at radius 3 is 2.90 bits per heavy atom. The molecule has 2 heterocycles. The number of nitriles is 1. The average Bonchev–Trinajstić information content (AvgIpc) is 3.02. The number of rotatable bonds is 5. The minimum atomic E-state index is -0.120. The fraction of sp³-hybridized carbons (Fsp3) is 0.600. The van der Waals surface area contributed by atoms with Crippen molar-refractivity contribution >= 4 is 27.8 Å². The number of ketones is 1. The Balaban J connectivity index is 2.31. The van der Waals surface area contributed by atoms with Crippen molar-refractivity contribution in [3.63, 3.8) is 0 Å². The van der Waals surface area contributed by atoms with Gasteiger partial charge in [0.15, 0.2) is 5.78 Å². The van der Waals surface area contributed by atoms with Crippen molar-refractivity contribution in [1.29, 1.82) is 5.26 Å². The molecule has 114 valence electrons. The van der Waals surface area contributed by atoms with Crippen molar-refractivity contribution < 1.29 is 9.53 Å². The molecule has 0 saturated carbocycles. The number of ether oxygens (including phenoxy) is 1. The molecule has 1 aromatic heterocycles. The summed E-state index contributed by atoms with van der Waals surface area (Å²) in [6.07, 6.45) is 1.03. The Morgan fingerprint density at radius 1 is 1.62 bits per heavy atom. The number of hydrogen-bond donors (Lipinski definition) is 1. The van der Waals surface area contributed by atoms with Crippen LogP contribution >= 0.6 is 11.3 Å². The number of nitrogens with two attached hydrogens (primary N) is 1. The zero-order valence-corrected chi connectivity index (χ0v) is 13.5. The van der Waals surface area contributed by atoms with Gasteiger partial charge >= 0.3 is 0 Å². The first-order chi connectivity index (χ1) is 9.99. The highest BCUT2D eigenvalue weighted by Gasteiger charge is 2.29. The van der Waals surface area contributed by atoms with Crippen molar-refractivity contribution in [2.75, 3.05) is 37.4 Å². The van der Waals surface area contributed by atoms with Crippen molar-refractivity contribution in [3.05, 3.63) is 10.4 Å². The van der Waals surface area contributed by atoms with E-state index in [9.17, 15) is 10.1 Å². The van der Waals surface area contributed by atoms with E-state index in [-0.39, 0.29) is 11.7 Å². The number of nitrogens with zero attached hydrogens (tertiary/aromatic N) is 2. The Kier molecular flexibility index (Phi) is 4.86. The largest absolute Gasteiger partial charge is 0.396 e. The van der Waals surface area contributed by atoms with Crippen LogP contribution in [0.3, 0.4) is 0 Å². The second-order valence-corrected chi connectivity index (χ2v) is 6.71. The number of hydrogen-bond acceptors (Lipinski definition) is 6. The van der Waals surface area contributed by atoms with E-state index in [1.807, 2.05) is 13.8 Å². The van der Waals surface area contributed by atoms with E-state index in [0.29, 0.717) is 22.0 Å². The van der Waals surface area contributed by atoms with Gasteiger partial charge in [0.25, 0.3) is 0 Å². The third-order valence-electron chi connectivity index (χ3n) is 3.76. The summed E-state index contributed by atoms with van der Waals surface area (Å²) < 4.78 is 5.20. The third kappa shape index (κ3) is 3.04. The molecule has 0 radical (unpaired) electrons. The molecule has 2 rings (SSSR count). The maximum Gasteiger partial charge on any atom is 0.177 e. The summed E-state index contributed by atoms with van der Waals surface area (Å²) >= 11 is 1.35.